The van der Waals surface area contributed by atoms with E-state index in [9.17, 15) is 14.0 Å². The quantitative estimate of drug-likeness (QED) is 0.848. The monoisotopic (exact) mass is 370 g/mol. The van der Waals surface area contributed by atoms with Gasteiger partial charge in [0.25, 0.3) is 5.91 Å². The molecule has 3 rings (SSSR count). The van der Waals surface area contributed by atoms with Gasteiger partial charge in [0.15, 0.2) is 6.61 Å². The van der Waals surface area contributed by atoms with E-state index >= 15 is 0 Å². The first-order valence-electron chi connectivity index (χ1n) is 8.91. The molecule has 0 heterocycles. The predicted octanol–water partition coefficient (Wildman–Crippen LogP) is 3.35. The van der Waals surface area contributed by atoms with Crippen molar-refractivity contribution < 1.29 is 18.7 Å². The molecule has 0 bridgehead atoms. The first-order chi connectivity index (χ1) is 12.9. The highest BCUT2D eigenvalue weighted by Gasteiger charge is 2.45. The second kappa shape index (κ2) is 7.78. The van der Waals surface area contributed by atoms with Crippen LogP contribution in [0.2, 0.25) is 0 Å². The first kappa shape index (κ1) is 18.9. The molecular formula is C21H23FN2O3. The van der Waals surface area contributed by atoms with E-state index in [1.54, 1.807) is 50.5 Å². The van der Waals surface area contributed by atoms with Crippen molar-refractivity contribution in [2.45, 2.75) is 24.7 Å². The minimum absolute atomic E-state index is 0.0353. The van der Waals surface area contributed by atoms with E-state index in [2.05, 4.69) is 5.32 Å². The zero-order valence-electron chi connectivity index (χ0n) is 15.5. The van der Waals surface area contributed by atoms with Crippen LogP contribution in [0.1, 0.15) is 24.8 Å². The van der Waals surface area contributed by atoms with E-state index < -0.39 is 5.41 Å². The van der Waals surface area contributed by atoms with E-state index in [0.717, 1.165) is 24.8 Å². The molecule has 5 nitrogen and oxygen atoms in total. The maximum absolute atomic E-state index is 13.2. The summed E-state index contributed by atoms with van der Waals surface area (Å²) in [5.74, 6) is 0.0347. The van der Waals surface area contributed by atoms with E-state index in [1.165, 1.54) is 17.0 Å². The number of carbonyl (C=O) groups excluding carboxylic acids is 2. The van der Waals surface area contributed by atoms with Gasteiger partial charge in [-0.05, 0) is 54.8 Å². The van der Waals surface area contributed by atoms with E-state index in [4.69, 9.17) is 4.74 Å². The normalized spacial score (nSPS) is 14.8. The minimum Gasteiger partial charge on any atom is -0.484 e. The lowest BCUT2D eigenvalue weighted by atomic mass is 9.64. The lowest BCUT2D eigenvalue weighted by molar-refractivity contribution is -0.130. The summed E-state index contributed by atoms with van der Waals surface area (Å²) in [6.45, 7) is -0.0353. The molecule has 1 saturated carbocycles. The van der Waals surface area contributed by atoms with Crippen molar-refractivity contribution in [1.82, 2.24) is 4.90 Å². The Balaban J connectivity index is 1.65. The van der Waals surface area contributed by atoms with Crippen LogP contribution >= 0.6 is 0 Å². The number of nitrogens with one attached hydrogen (secondary N) is 1. The van der Waals surface area contributed by atoms with Crippen LogP contribution in [0.5, 0.6) is 5.75 Å². The SMILES string of the molecule is CN(C)C(=O)COc1ccc(NC(=O)C2(c3ccc(F)cc3)CCC2)cc1. The fourth-order valence-electron chi connectivity index (χ4n) is 3.11. The summed E-state index contributed by atoms with van der Waals surface area (Å²) >= 11 is 0. The van der Waals surface area contributed by atoms with Crippen LogP contribution in [0.3, 0.4) is 0 Å². The summed E-state index contributed by atoms with van der Waals surface area (Å²) < 4.78 is 18.6. The molecule has 1 N–H and O–H groups in total. The number of hydrogen-bond donors (Lipinski definition) is 1. The van der Waals surface area contributed by atoms with Gasteiger partial charge < -0.3 is 15.0 Å². The van der Waals surface area contributed by atoms with Crippen LogP contribution in [0.4, 0.5) is 10.1 Å². The number of carbonyl (C=O) groups is 2. The van der Waals surface area contributed by atoms with Gasteiger partial charge in [0.1, 0.15) is 11.6 Å². The van der Waals surface area contributed by atoms with Crippen LogP contribution in [0, 0.1) is 5.82 Å². The molecule has 2 aromatic rings. The molecule has 142 valence electrons. The summed E-state index contributed by atoms with van der Waals surface area (Å²) in [6.07, 6.45) is 2.47. The average molecular weight is 370 g/mol. The Bertz CT molecular complexity index is 812. The Kier molecular flexibility index (Phi) is 5.44. The summed E-state index contributed by atoms with van der Waals surface area (Å²) in [7, 11) is 3.34. The van der Waals surface area contributed by atoms with Gasteiger partial charge >= 0.3 is 0 Å². The second-order valence-electron chi connectivity index (χ2n) is 7.00. The van der Waals surface area contributed by atoms with Gasteiger partial charge in [-0.2, -0.15) is 0 Å². The molecule has 2 amide bonds. The molecule has 0 aromatic heterocycles. The van der Waals surface area contributed by atoms with Gasteiger partial charge in [-0.1, -0.05) is 18.6 Å². The van der Waals surface area contributed by atoms with E-state index in [-0.39, 0.29) is 24.2 Å². The number of anilines is 1. The Morgan fingerprint density at radius 1 is 1.07 bits per heavy atom. The number of rotatable bonds is 6. The van der Waals surface area contributed by atoms with Crippen LogP contribution < -0.4 is 10.1 Å². The number of hydrogen-bond acceptors (Lipinski definition) is 3. The first-order valence-corrected chi connectivity index (χ1v) is 8.91. The summed E-state index contributed by atoms with van der Waals surface area (Å²) in [4.78, 5) is 25.9. The fourth-order valence-corrected chi connectivity index (χ4v) is 3.11. The molecule has 0 unspecified atom stereocenters. The van der Waals surface area contributed by atoms with Crippen molar-refractivity contribution in [3.05, 3.63) is 59.9 Å². The van der Waals surface area contributed by atoms with Gasteiger partial charge in [0, 0.05) is 19.8 Å². The van der Waals surface area contributed by atoms with Crippen molar-refractivity contribution in [3.8, 4) is 5.75 Å². The van der Waals surface area contributed by atoms with Crippen molar-refractivity contribution in [2.75, 3.05) is 26.0 Å². The molecule has 0 spiro atoms. The summed E-state index contributed by atoms with van der Waals surface area (Å²) in [6, 6.07) is 13.1. The number of halogens is 1. The van der Waals surface area contributed by atoms with Crippen molar-refractivity contribution in [2.24, 2.45) is 0 Å². The third-order valence-electron chi connectivity index (χ3n) is 5.01. The van der Waals surface area contributed by atoms with Gasteiger partial charge in [-0.3, -0.25) is 9.59 Å². The topological polar surface area (TPSA) is 58.6 Å². The Labute approximate surface area is 158 Å². The summed E-state index contributed by atoms with van der Waals surface area (Å²) in [5, 5.41) is 2.94. The van der Waals surface area contributed by atoms with Gasteiger partial charge in [0.2, 0.25) is 5.91 Å². The van der Waals surface area contributed by atoms with Crippen LogP contribution in [0.15, 0.2) is 48.5 Å². The summed E-state index contributed by atoms with van der Waals surface area (Å²) in [5.41, 5.74) is 0.899. The zero-order valence-corrected chi connectivity index (χ0v) is 15.5. The van der Waals surface area contributed by atoms with Crippen molar-refractivity contribution in [1.29, 1.82) is 0 Å². The molecule has 1 aliphatic rings. The lowest BCUT2D eigenvalue weighted by Crippen LogP contribution is -2.46. The Morgan fingerprint density at radius 3 is 2.22 bits per heavy atom. The standard InChI is InChI=1S/C21H23FN2O3/c1-24(2)19(25)14-27-18-10-8-17(9-11-18)23-20(26)21(12-3-13-21)15-4-6-16(22)7-5-15/h4-11H,3,12-14H2,1-2H3,(H,23,26). The van der Waals surface area contributed by atoms with E-state index in [1.807, 2.05) is 0 Å². The third-order valence-corrected chi connectivity index (χ3v) is 5.01. The predicted molar refractivity (Wildman–Crippen MR) is 101 cm³/mol. The molecular weight excluding hydrogens is 347 g/mol. The highest BCUT2D eigenvalue weighted by atomic mass is 19.1. The van der Waals surface area contributed by atoms with Crippen molar-refractivity contribution >= 4 is 17.5 Å². The number of ether oxygens (including phenoxy) is 1. The molecule has 6 heteroatoms. The maximum atomic E-state index is 13.2. The molecule has 0 radical (unpaired) electrons. The smallest absolute Gasteiger partial charge is 0.259 e. The van der Waals surface area contributed by atoms with Crippen LogP contribution in [0.25, 0.3) is 0 Å². The number of benzene rings is 2. The number of amides is 2. The van der Waals surface area contributed by atoms with Crippen LogP contribution in [-0.2, 0) is 15.0 Å². The Hall–Kier alpha value is -2.89. The molecule has 1 aliphatic carbocycles. The highest BCUT2D eigenvalue weighted by Crippen LogP contribution is 2.44. The highest BCUT2D eigenvalue weighted by molar-refractivity contribution is 6.00. The largest absolute Gasteiger partial charge is 0.484 e. The Morgan fingerprint density at radius 2 is 1.70 bits per heavy atom. The fraction of sp³-hybridized carbons (Fsp3) is 0.333. The van der Waals surface area contributed by atoms with Gasteiger partial charge in [-0.25, -0.2) is 4.39 Å². The maximum Gasteiger partial charge on any atom is 0.259 e. The van der Waals surface area contributed by atoms with Gasteiger partial charge in [-0.15, -0.1) is 0 Å². The van der Waals surface area contributed by atoms with Crippen molar-refractivity contribution in [3.63, 3.8) is 0 Å². The molecule has 27 heavy (non-hydrogen) atoms. The van der Waals surface area contributed by atoms with Gasteiger partial charge in [0.05, 0.1) is 5.41 Å². The molecule has 0 aliphatic heterocycles. The number of nitrogens with zero attached hydrogens (tertiary/aromatic N) is 1. The molecule has 0 atom stereocenters. The van der Waals surface area contributed by atoms with Crippen LogP contribution in [-0.4, -0.2) is 37.4 Å². The minimum atomic E-state index is -0.596. The molecule has 0 saturated heterocycles. The third kappa shape index (κ3) is 4.10. The average Bonchev–Trinajstić information content (AvgIpc) is 2.61. The van der Waals surface area contributed by atoms with E-state index in [0.29, 0.717) is 11.4 Å². The zero-order chi connectivity index (χ0) is 19.4. The lowest BCUT2D eigenvalue weighted by Gasteiger charge is -2.40. The second-order valence-corrected chi connectivity index (χ2v) is 7.00. The number of likely N-dealkylation sites (N-methyl/N-ethyl adjacent to an activating group) is 1. The molecule has 2 aromatic carbocycles. The molecule has 1 fully saturated rings.